The van der Waals surface area contributed by atoms with Crippen LogP contribution >= 0.6 is 12.6 Å². The van der Waals surface area contributed by atoms with Crippen LogP contribution < -0.4 is 5.32 Å². The summed E-state index contributed by atoms with van der Waals surface area (Å²) in [4.78, 5) is 23.1. The Morgan fingerprint density at radius 3 is 2.26 bits per heavy atom. The molecule has 0 radical (unpaired) electrons. The normalized spacial score (nSPS) is 14.3. The van der Waals surface area contributed by atoms with Crippen LogP contribution in [0.15, 0.2) is 0 Å². The van der Waals surface area contributed by atoms with Gasteiger partial charge in [-0.15, -0.1) is 0 Å². The zero-order valence-electron chi connectivity index (χ0n) is 15.4. The first-order chi connectivity index (χ1) is 10.4. The van der Waals surface area contributed by atoms with Crippen molar-refractivity contribution in [1.82, 2.24) is 5.32 Å². The standard InChI is InChI=1S/C17H33NO4S/c1-13(2)8-10-21-14(19)7-9-18-15(20)22-12-17(6,23)11-16(3,4)5/h13,23H,7-12H2,1-6H3,(H,18,20). The molecule has 6 heteroatoms. The summed E-state index contributed by atoms with van der Waals surface area (Å²) in [5.74, 6) is 0.192. The van der Waals surface area contributed by atoms with Crippen LogP contribution in [0.1, 0.15) is 60.8 Å². The minimum Gasteiger partial charge on any atom is -0.466 e. The van der Waals surface area contributed by atoms with Gasteiger partial charge in [0.2, 0.25) is 0 Å². The summed E-state index contributed by atoms with van der Waals surface area (Å²) in [6, 6.07) is 0. The lowest BCUT2D eigenvalue weighted by molar-refractivity contribution is -0.143. The van der Waals surface area contributed by atoms with Crippen molar-refractivity contribution in [2.24, 2.45) is 11.3 Å². The summed E-state index contributed by atoms with van der Waals surface area (Å²) in [5, 5.41) is 2.55. The van der Waals surface area contributed by atoms with Gasteiger partial charge in [0.05, 0.1) is 13.0 Å². The highest BCUT2D eigenvalue weighted by Crippen LogP contribution is 2.31. The average molecular weight is 348 g/mol. The number of nitrogens with one attached hydrogen (secondary N) is 1. The third kappa shape index (κ3) is 14.4. The van der Waals surface area contributed by atoms with E-state index in [1.807, 2.05) is 6.92 Å². The summed E-state index contributed by atoms with van der Waals surface area (Å²) in [5.41, 5.74) is 0.107. The van der Waals surface area contributed by atoms with Gasteiger partial charge in [0.15, 0.2) is 0 Å². The van der Waals surface area contributed by atoms with E-state index < -0.39 is 6.09 Å². The maximum absolute atomic E-state index is 11.6. The largest absolute Gasteiger partial charge is 0.466 e. The summed E-state index contributed by atoms with van der Waals surface area (Å²) in [6.45, 7) is 13.3. The Morgan fingerprint density at radius 2 is 1.74 bits per heavy atom. The van der Waals surface area contributed by atoms with Gasteiger partial charge in [-0.3, -0.25) is 4.79 Å². The smallest absolute Gasteiger partial charge is 0.407 e. The van der Waals surface area contributed by atoms with Crippen molar-refractivity contribution in [2.45, 2.75) is 65.6 Å². The first-order valence-electron chi connectivity index (χ1n) is 8.20. The Hall–Kier alpha value is -0.910. The van der Waals surface area contributed by atoms with E-state index in [2.05, 4.69) is 52.6 Å². The molecule has 1 N–H and O–H groups in total. The minimum absolute atomic E-state index is 0.107. The Morgan fingerprint density at radius 1 is 1.13 bits per heavy atom. The van der Waals surface area contributed by atoms with Crippen LogP contribution in [0.25, 0.3) is 0 Å². The number of esters is 1. The zero-order chi connectivity index (χ0) is 18.1. The number of hydrogen-bond acceptors (Lipinski definition) is 5. The number of carbonyl (C=O) groups excluding carboxylic acids is 2. The summed E-state index contributed by atoms with van der Waals surface area (Å²) >= 11 is 4.55. The van der Waals surface area contributed by atoms with Crippen LogP contribution in [0.5, 0.6) is 0 Å². The molecule has 0 spiro atoms. The Kier molecular flexibility index (Phi) is 9.66. The lowest BCUT2D eigenvalue weighted by atomic mass is 9.85. The van der Waals surface area contributed by atoms with Crippen molar-refractivity contribution in [3.8, 4) is 0 Å². The molecule has 136 valence electrons. The molecule has 0 aromatic carbocycles. The highest BCUT2D eigenvalue weighted by atomic mass is 32.1. The second-order valence-corrected chi connectivity index (χ2v) is 8.97. The SMILES string of the molecule is CC(C)CCOC(=O)CCNC(=O)OCC(C)(S)CC(C)(C)C. The molecule has 0 heterocycles. The van der Waals surface area contributed by atoms with E-state index in [9.17, 15) is 9.59 Å². The lowest BCUT2D eigenvalue weighted by Gasteiger charge is -2.30. The molecular formula is C17H33NO4S. The van der Waals surface area contributed by atoms with Gasteiger partial charge in [-0.25, -0.2) is 4.79 Å². The second-order valence-electron chi connectivity index (χ2n) is 7.89. The van der Waals surface area contributed by atoms with E-state index in [0.29, 0.717) is 12.5 Å². The molecule has 1 amide bonds. The highest BCUT2D eigenvalue weighted by Gasteiger charge is 2.28. The number of hydrogen-bond donors (Lipinski definition) is 2. The van der Waals surface area contributed by atoms with E-state index in [1.54, 1.807) is 0 Å². The van der Waals surface area contributed by atoms with E-state index in [4.69, 9.17) is 9.47 Å². The van der Waals surface area contributed by atoms with Gasteiger partial charge in [0, 0.05) is 11.3 Å². The molecule has 0 aliphatic rings. The van der Waals surface area contributed by atoms with E-state index >= 15 is 0 Å². The highest BCUT2D eigenvalue weighted by molar-refractivity contribution is 7.81. The molecule has 1 atom stereocenters. The minimum atomic E-state index is -0.533. The van der Waals surface area contributed by atoms with E-state index in [-0.39, 0.29) is 35.7 Å². The van der Waals surface area contributed by atoms with Gasteiger partial charge in [-0.05, 0) is 31.1 Å². The molecule has 0 rings (SSSR count). The van der Waals surface area contributed by atoms with Gasteiger partial charge in [0.25, 0.3) is 0 Å². The number of thiol groups is 1. The summed E-state index contributed by atoms with van der Waals surface area (Å²) in [6.07, 6.45) is 1.27. The number of ether oxygens (including phenoxy) is 2. The molecule has 0 aliphatic carbocycles. The number of amides is 1. The van der Waals surface area contributed by atoms with Crippen molar-refractivity contribution in [3.63, 3.8) is 0 Å². The van der Waals surface area contributed by atoms with Crippen LogP contribution in [0.4, 0.5) is 4.79 Å². The van der Waals surface area contributed by atoms with Gasteiger partial charge in [-0.2, -0.15) is 12.6 Å². The van der Waals surface area contributed by atoms with Crippen LogP contribution in [0, 0.1) is 11.3 Å². The molecule has 5 nitrogen and oxygen atoms in total. The lowest BCUT2D eigenvalue weighted by Crippen LogP contribution is -2.35. The van der Waals surface area contributed by atoms with Crippen molar-refractivity contribution in [3.05, 3.63) is 0 Å². The average Bonchev–Trinajstić information content (AvgIpc) is 2.33. The predicted molar refractivity (Wildman–Crippen MR) is 95.8 cm³/mol. The quantitative estimate of drug-likeness (QED) is 0.492. The topological polar surface area (TPSA) is 64.6 Å². The summed E-state index contributed by atoms with van der Waals surface area (Å²) in [7, 11) is 0. The maximum Gasteiger partial charge on any atom is 0.407 e. The molecule has 0 bridgehead atoms. The third-order valence-electron chi connectivity index (χ3n) is 2.98. The molecule has 23 heavy (non-hydrogen) atoms. The van der Waals surface area contributed by atoms with Crippen LogP contribution in [-0.4, -0.2) is 36.6 Å². The van der Waals surface area contributed by atoms with Gasteiger partial charge in [0.1, 0.15) is 6.61 Å². The van der Waals surface area contributed by atoms with Crippen molar-refractivity contribution in [2.75, 3.05) is 19.8 Å². The van der Waals surface area contributed by atoms with E-state index in [1.165, 1.54) is 0 Å². The fourth-order valence-electron chi connectivity index (χ4n) is 2.21. The fraction of sp³-hybridized carbons (Fsp3) is 0.882. The Labute approximate surface area is 146 Å². The molecule has 0 aromatic heterocycles. The molecule has 0 saturated carbocycles. The maximum atomic E-state index is 11.6. The first kappa shape index (κ1) is 22.1. The molecule has 0 aromatic rings. The molecule has 0 aliphatic heterocycles. The molecular weight excluding hydrogens is 314 g/mol. The number of alkyl carbamates (subject to hydrolysis) is 1. The Bertz CT molecular complexity index is 375. The van der Waals surface area contributed by atoms with Crippen LogP contribution in [0.3, 0.4) is 0 Å². The second kappa shape index (κ2) is 10.1. The van der Waals surface area contributed by atoms with Gasteiger partial charge >= 0.3 is 12.1 Å². The first-order valence-corrected chi connectivity index (χ1v) is 8.65. The van der Waals surface area contributed by atoms with Crippen molar-refractivity contribution in [1.29, 1.82) is 0 Å². The molecule has 0 fully saturated rings. The van der Waals surface area contributed by atoms with E-state index in [0.717, 1.165) is 12.8 Å². The van der Waals surface area contributed by atoms with Crippen LogP contribution in [-0.2, 0) is 14.3 Å². The zero-order valence-corrected chi connectivity index (χ0v) is 16.3. The Balaban J connectivity index is 3.85. The number of rotatable bonds is 9. The van der Waals surface area contributed by atoms with Crippen molar-refractivity contribution >= 4 is 24.7 Å². The fourth-order valence-corrected chi connectivity index (χ4v) is 2.75. The van der Waals surface area contributed by atoms with Gasteiger partial charge < -0.3 is 14.8 Å². The van der Waals surface area contributed by atoms with Crippen molar-refractivity contribution < 1.29 is 19.1 Å². The molecule has 1 unspecified atom stereocenters. The van der Waals surface area contributed by atoms with Gasteiger partial charge in [-0.1, -0.05) is 34.6 Å². The monoisotopic (exact) mass is 347 g/mol. The third-order valence-corrected chi connectivity index (χ3v) is 3.27. The molecule has 0 saturated heterocycles. The summed E-state index contributed by atoms with van der Waals surface area (Å²) < 4.78 is 9.85. The number of carbonyl (C=O) groups is 2. The predicted octanol–water partition coefficient (Wildman–Crippen LogP) is 3.82. The van der Waals surface area contributed by atoms with Crippen LogP contribution in [0.2, 0.25) is 0 Å².